The minimum Gasteiger partial charge on any atom is -0.459 e. The lowest BCUT2D eigenvalue weighted by atomic mass is 9.86. The zero-order valence-corrected chi connectivity index (χ0v) is 9.75. The van der Waals surface area contributed by atoms with Crippen LogP contribution in [0.4, 0.5) is 4.39 Å². The van der Waals surface area contributed by atoms with Crippen LogP contribution in [0.1, 0.15) is 32.6 Å². The molecule has 1 aromatic carbocycles. The Labute approximate surface area is 94.2 Å². The van der Waals surface area contributed by atoms with Gasteiger partial charge >= 0.3 is 0 Å². The quantitative estimate of drug-likeness (QED) is 0.798. The first-order valence-electron chi connectivity index (χ1n) is 5.32. The molecule has 1 atom stereocenters. The molecular weight excluding hydrogens is 205 g/mol. The van der Waals surface area contributed by atoms with E-state index in [1.807, 2.05) is 26.8 Å². The number of hydrogen-bond acceptors (Lipinski definition) is 2. The summed E-state index contributed by atoms with van der Waals surface area (Å²) in [7, 11) is 0. The van der Waals surface area contributed by atoms with Gasteiger partial charge in [0.2, 0.25) is 0 Å². The van der Waals surface area contributed by atoms with Gasteiger partial charge in [-0.15, -0.1) is 0 Å². The molecule has 16 heavy (non-hydrogen) atoms. The van der Waals surface area contributed by atoms with Crippen LogP contribution in [0.3, 0.4) is 0 Å². The molecule has 2 rings (SSSR count). The van der Waals surface area contributed by atoms with Crippen molar-refractivity contribution in [2.75, 3.05) is 0 Å². The first-order valence-corrected chi connectivity index (χ1v) is 5.32. The number of nitrogens with two attached hydrogens (primary N) is 1. The second kappa shape index (κ2) is 3.59. The van der Waals surface area contributed by atoms with E-state index in [0.29, 0.717) is 11.3 Å². The highest BCUT2D eigenvalue weighted by Gasteiger charge is 2.25. The maximum absolute atomic E-state index is 13.0. The molecule has 0 aliphatic rings. The van der Waals surface area contributed by atoms with Crippen molar-refractivity contribution >= 4 is 11.0 Å². The third kappa shape index (κ3) is 1.95. The molecule has 2 nitrogen and oxygen atoms in total. The van der Waals surface area contributed by atoms with Crippen molar-refractivity contribution in [3.05, 3.63) is 35.8 Å². The van der Waals surface area contributed by atoms with Crippen LogP contribution in [0.15, 0.2) is 28.7 Å². The van der Waals surface area contributed by atoms with Gasteiger partial charge in [0, 0.05) is 5.39 Å². The highest BCUT2D eigenvalue weighted by atomic mass is 19.1. The lowest BCUT2D eigenvalue weighted by Gasteiger charge is -2.24. The van der Waals surface area contributed by atoms with E-state index in [-0.39, 0.29) is 17.3 Å². The van der Waals surface area contributed by atoms with E-state index in [1.54, 1.807) is 6.07 Å². The number of hydrogen-bond donors (Lipinski definition) is 1. The van der Waals surface area contributed by atoms with Crippen LogP contribution < -0.4 is 5.73 Å². The molecule has 0 saturated carbocycles. The Hall–Kier alpha value is -1.35. The monoisotopic (exact) mass is 221 g/mol. The number of halogens is 1. The fraction of sp³-hybridized carbons (Fsp3) is 0.385. The predicted octanol–water partition coefficient (Wildman–Crippen LogP) is 3.62. The largest absolute Gasteiger partial charge is 0.459 e. The molecular formula is C13H16FNO. The average Bonchev–Trinajstić information content (AvgIpc) is 2.57. The zero-order chi connectivity index (χ0) is 11.9. The Morgan fingerprint density at radius 1 is 1.25 bits per heavy atom. The highest BCUT2D eigenvalue weighted by Crippen LogP contribution is 2.33. The summed E-state index contributed by atoms with van der Waals surface area (Å²) in [5.41, 5.74) is 6.69. The van der Waals surface area contributed by atoms with Crippen LogP contribution in [0, 0.1) is 11.2 Å². The molecule has 1 unspecified atom stereocenters. The lowest BCUT2D eigenvalue weighted by Crippen LogP contribution is -2.25. The highest BCUT2D eigenvalue weighted by molar-refractivity contribution is 5.78. The van der Waals surface area contributed by atoms with Gasteiger partial charge < -0.3 is 10.2 Å². The third-order valence-corrected chi connectivity index (χ3v) is 2.74. The Bertz CT molecular complexity index is 510. The molecule has 0 saturated heterocycles. The molecule has 86 valence electrons. The van der Waals surface area contributed by atoms with Crippen molar-refractivity contribution in [2.24, 2.45) is 11.1 Å². The van der Waals surface area contributed by atoms with E-state index in [4.69, 9.17) is 10.2 Å². The van der Waals surface area contributed by atoms with Crippen molar-refractivity contribution in [3.8, 4) is 0 Å². The molecule has 2 aromatic rings. The number of rotatable bonds is 1. The molecule has 0 radical (unpaired) electrons. The molecule has 0 bridgehead atoms. The Morgan fingerprint density at radius 3 is 2.56 bits per heavy atom. The first-order chi connectivity index (χ1) is 7.38. The van der Waals surface area contributed by atoms with Crippen LogP contribution in [0.25, 0.3) is 11.0 Å². The number of benzene rings is 1. The summed E-state index contributed by atoms with van der Waals surface area (Å²) in [4.78, 5) is 0. The summed E-state index contributed by atoms with van der Waals surface area (Å²) in [5.74, 6) is 0.442. The molecule has 1 heterocycles. The van der Waals surface area contributed by atoms with Crippen LogP contribution in [0.5, 0.6) is 0 Å². The Morgan fingerprint density at radius 2 is 1.94 bits per heavy atom. The molecule has 0 aliphatic carbocycles. The average molecular weight is 221 g/mol. The van der Waals surface area contributed by atoms with Gasteiger partial charge in [0.15, 0.2) is 0 Å². The summed E-state index contributed by atoms with van der Waals surface area (Å²) in [6.07, 6.45) is 0. The van der Waals surface area contributed by atoms with E-state index >= 15 is 0 Å². The smallest absolute Gasteiger partial charge is 0.134 e. The van der Waals surface area contributed by atoms with Gasteiger partial charge in [-0.3, -0.25) is 0 Å². The predicted molar refractivity (Wildman–Crippen MR) is 62.6 cm³/mol. The van der Waals surface area contributed by atoms with Crippen LogP contribution >= 0.6 is 0 Å². The minimum atomic E-state index is -0.260. The van der Waals surface area contributed by atoms with E-state index in [1.165, 1.54) is 12.1 Å². The first kappa shape index (κ1) is 11.1. The molecule has 1 aromatic heterocycles. The van der Waals surface area contributed by atoms with Gasteiger partial charge in [-0.2, -0.15) is 0 Å². The fourth-order valence-electron chi connectivity index (χ4n) is 1.61. The van der Waals surface area contributed by atoms with Gasteiger partial charge in [0.25, 0.3) is 0 Å². The summed E-state index contributed by atoms with van der Waals surface area (Å²) in [5, 5.41) is 0.759. The van der Waals surface area contributed by atoms with E-state index in [9.17, 15) is 4.39 Å². The van der Waals surface area contributed by atoms with E-state index < -0.39 is 0 Å². The van der Waals surface area contributed by atoms with E-state index in [2.05, 4.69) is 0 Å². The van der Waals surface area contributed by atoms with Crippen LogP contribution in [0.2, 0.25) is 0 Å². The second-order valence-electron chi connectivity index (χ2n) is 5.17. The van der Waals surface area contributed by atoms with Crippen molar-refractivity contribution < 1.29 is 8.81 Å². The Kier molecular flexibility index (Phi) is 2.50. The van der Waals surface area contributed by atoms with Crippen molar-refractivity contribution in [3.63, 3.8) is 0 Å². The van der Waals surface area contributed by atoms with Gasteiger partial charge in [-0.05, 0) is 29.7 Å². The molecule has 0 fully saturated rings. The van der Waals surface area contributed by atoms with Crippen molar-refractivity contribution in [2.45, 2.75) is 26.8 Å². The molecule has 3 heteroatoms. The van der Waals surface area contributed by atoms with Crippen molar-refractivity contribution in [1.82, 2.24) is 0 Å². The van der Waals surface area contributed by atoms with Crippen LogP contribution in [-0.2, 0) is 0 Å². The summed E-state index contributed by atoms with van der Waals surface area (Å²) in [6, 6.07) is 6.09. The van der Waals surface area contributed by atoms with Gasteiger partial charge in [-0.25, -0.2) is 4.39 Å². The summed E-state index contributed by atoms with van der Waals surface area (Å²) in [6.45, 7) is 6.14. The number of fused-ring (bicyclic) bond motifs is 1. The standard InChI is InChI=1S/C13H16FNO/c1-13(2,3)12(15)11-7-8-6-9(14)4-5-10(8)16-11/h4-7,12H,15H2,1-3H3. The fourth-order valence-corrected chi connectivity index (χ4v) is 1.61. The topological polar surface area (TPSA) is 39.2 Å². The maximum atomic E-state index is 13.0. The number of furan rings is 1. The Balaban J connectivity index is 2.47. The second-order valence-corrected chi connectivity index (χ2v) is 5.17. The summed E-state index contributed by atoms with van der Waals surface area (Å²) >= 11 is 0. The van der Waals surface area contributed by atoms with Gasteiger partial charge in [-0.1, -0.05) is 20.8 Å². The SMILES string of the molecule is CC(C)(C)C(N)c1cc2cc(F)ccc2o1. The van der Waals surface area contributed by atoms with E-state index in [0.717, 1.165) is 5.39 Å². The lowest BCUT2D eigenvalue weighted by molar-refractivity contribution is 0.290. The minimum absolute atomic E-state index is 0.0770. The molecule has 0 spiro atoms. The maximum Gasteiger partial charge on any atom is 0.134 e. The van der Waals surface area contributed by atoms with Gasteiger partial charge in [0.1, 0.15) is 17.2 Å². The third-order valence-electron chi connectivity index (χ3n) is 2.74. The van der Waals surface area contributed by atoms with Gasteiger partial charge in [0.05, 0.1) is 6.04 Å². The summed E-state index contributed by atoms with van der Waals surface area (Å²) < 4.78 is 18.6. The molecule has 0 aliphatic heterocycles. The van der Waals surface area contributed by atoms with Crippen molar-refractivity contribution in [1.29, 1.82) is 0 Å². The molecule has 0 amide bonds. The zero-order valence-electron chi connectivity index (χ0n) is 9.75. The molecule has 2 N–H and O–H groups in total. The normalized spacial score (nSPS) is 14.3. The van der Waals surface area contributed by atoms with Crippen LogP contribution in [-0.4, -0.2) is 0 Å².